The highest BCUT2D eigenvalue weighted by Crippen LogP contribution is 2.44. The topological polar surface area (TPSA) is 66.8 Å². The molecule has 2 atom stereocenters. The zero-order valence-electron chi connectivity index (χ0n) is 14.6. The number of rotatable bonds is 3. The summed E-state index contributed by atoms with van der Waals surface area (Å²) in [5.74, 6) is -0.990. The van der Waals surface area contributed by atoms with E-state index in [-0.39, 0.29) is 18.6 Å². The molecule has 0 unspecified atom stereocenters. The van der Waals surface area contributed by atoms with E-state index in [1.54, 1.807) is 0 Å². The van der Waals surface area contributed by atoms with Gasteiger partial charge in [-0.05, 0) is 42.0 Å². The van der Waals surface area contributed by atoms with Gasteiger partial charge in [-0.1, -0.05) is 48.5 Å². The molecule has 0 radical (unpaired) electrons. The fourth-order valence-electron chi connectivity index (χ4n) is 4.20. The van der Waals surface area contributed by atoms with Crippen molar-refractivity contribution in [1.82, 2.24) is 4.90 Å². The lowest BCUT2D eigenvalue weighted by atomic mass is 9.98. The molecular formula is C21H21NO4. The molecule has 5 nitrogen and oxygen atoms in total. The summed E-state index contributed by atoms with van der Waals surface area (Å²) in [6.07, 6.45) is 0.617. The van der Waals surface area contributed by atoms with Crippen LogP contribution in [-0.2, 0) is 9.53 Å². The summed E-state index contributed by atoms with van der Waals surface area (Å²) < 4.78 is 5.60. The summed E-state index contributed by atoms with van der Waals surface area (Å²) in [4.78, 5) is 25.4. The van der Waals surface area contributed by atoms with Gasteiger partial charge >= 0.3 is 12.1 Å². The Kier molecular flexibility index (Phi) is 4.15. The molecule has 26 heavy (non-hydrogen) atoms. The molecule has 1 N–H and O–H groups in total. The maximum atomic E-state index is 12.6. The van der Waals surface area contributed by atoms with Crippen LogP contribution in [0.4, 0.5) is 4.79 Å². The quantitative estimate of drug-likeness (QED) is 0.911. The lowest BCUT2D eigenvalue weighted by molar-refractivity contribution is -0.142. The molecule has 0 bridgehead atoms. The summed E-state index contributed by atoms with van der Waals surface area (Å²) in [5, 5.41) is 9.34. The number of aliphatic carboxylic acids is 1. The van der Waals surface area contributed by atoms with Crippen molar-refractivity contribution in [2.75, 3.05) is 6.61 Å². The third kappa shape index (κ3) is 2.64. The summed E-state index contributed by atoms with van der Waals surface area (Å²) in [6, 6.07) is 15.4. The summed E-state index contributed by atoms with van der Waals surface area (Å²) in [7, 11) is 0. The van der Waals surface area contributed by atoms with Crippen LogP contribution >= 0.6 is 0 Å². The van der Waals surface area contributed by atoms with E-state index in [1.165, 1.54) is 16.0 Å². The third-order valence-corrected chi connectivity index (χ3v) is 5.50. The molecule has 2 aliphatic rings. The van der Waals surface area contributed by atoms with Crippen molar-refractivity contribution >= 4 is 12.1 Å². The summed E-state index contributed by atoms with van der Waals surface area (Å²) in [6.45, 7) is 2.08. The van der Waals surface area contributed by atoms with Gasteiger partial charge in [0.2, 0.25) is 0 Å². The molecule has 2 aromatic carbocycles. The number of carboxylic acid groups (broad SMARTS) is 1. The fourth-order valence-corrected chi connectivity index (χ4v) is 4.20. The first-order valence-corrected chi connectivity index (χ1v) is 8.94. The molecule has 2 aromatic rings. The minimum Gasteiger partial charge on any atom is -0.480 e. The van der Waals surface area contributed by atoms with Gasteiger partial charge in [-0.25, -0.2) is 9.59 Å². The predicted molar refractivity (Wildman–Crippen MR) is 97.0 cm³/mol. The van der Waals surface area contributed by atoms with E-state index in [0.717, 1.165) is 11.1 Å². The Morgan fingerprint density at radius 2 is 1.62 bits per heavy atom. The van der Waals surface area contributed by atoms with Crippen molar-refractivity contribution in [3.8, 4) is 11.1 Å². The van der Waals surface area contributed by atoms with Crippen molar-refractivity contribution in [2.45, 2.75) is 37.8 Å². The van der Waals surface area contributed by atoms with Crippen LogP contribution in [0, 0.1) is 0 Å². The number of carbonyl (C=O) groups is 2. The number of likely N-dealkylation sites (tertiary alicyclic amines) is 1. The number of benzene rings is 2. The molecule has 0 spiro atoms. The number of hydrogen-bond donors (Lipinski definition) is 1. The molecule has 134 valence electrons. The molecular weight excluding hydrogens is 330 g/mol. The van der Waals surface area contributed by atoms with Gasteiger partial charge in [0.05, 0.1) is 0 Å². The van der Waals surface area contributed by atoms with Gasteiger partial charge in [-0.3, -0.25) is 4.90 Å². The molecule has 1 amide bonds. The lowest BCUT2D eigenvalue weighted by Crippen LogP contribution is -2.44. The molecule has 4 rings (SSSR count). The average Bonchev–Trinajstić information content (AvgIpc) is 3.18. The molecule has 1 fully saturated rings. The van der Waals surface area contributed by atoms with Crippen molar-refractivity contribution in [3.05, 3.63) is 59.7 Å². The normalized spacial score (nSPS) is 21.3. The van der Waals surface area contributed by atoms with Crippen LogP contribution in [0.3, 0.4) is 0 Å². The smallest absolute Gasteiger partial charge is 0.410 e. The Morgan fingerprint density at radius 3 is 2.19 bits per heavy atom. The standard InChI is InChI=1S/C21H21NO4/c1-13-10-11-19(20(23)24)22(13)21(25)26-12-18-16-8-4-2-6-14(16)15-7-3-5-9-17(15)18/h2-9,13,18-19H,10-12H2,1H3,(H,23,24)/t13-,19+/m1/s1. The Balaban J connectivity index is 1.55. The zero-order valence-corrected chi connectivity index (χ0v) is 14.6. The number of hydrogen-bond acceptors (Lipinski definition) is 3. The number of amides is 1. The molecule has 1 saturated heterocycles. The number of ether oxygens (including phenoxy) is 1. The average molecular weight is 351 g/mol. The van der Waals surface area contributed by atoms with Crippen LogP contribution in [-0.4, -0.2) is 40.8 Å². The van der Waals surface area contributed by atoms with Gasteiger partial charge in [-0.2, -0.15) is 0 Å². The lowest BCUT2D eigenvalue weighted by Gasteiger charge is -2.26. The van der Waals surface area contributed by atoms with Gasteiger partial charge in [0.1, 0.15) is 12.6 Å². The highest BCUT2D eigenvalue weighted by molar-refractivity contribution is 5.82. The van der Waals surface area contributed by atoms with Crippen LogP contribution in [0.25, 0.3) is 11.1 Å². The number of carbonyl (C=O) groups excluding carboxylic acids is 1. The van der Waals surface area contributed by atoms with Crippen molar-refractivity contribution in [2.24, 2.45) is 0 Å². The second-order valence-electron chi connectivity index (χ2n) is 6.99. The van der Waals surface area contributed by atoms with Crippen molar-refractivity contribution in [3.63, 3.8) is 0 Å². The SMILES string of the molecule is C[C@@H]1CC[C@@H](C(=O)O)N1C(=O)OCC1c2ccccc2-c2ccccc21. The Bertz CT molecular complexity index is 817. The second-order valence-corrected chi connectivity index (χ2v) is 6.99. The van der Waals surface area contributed by atoms with Crippen molar-refractivity contribution < 1.29 is 19.4 Å². The van der Waals surface area contributed by atoms with Crippen LogP contribution in [0.15, 0.2) is 48.5 Å². The molecule has 0 saturated carbocycles. The largest absolute Gasteiger partial charge is 0.480 e. The van der Waals surface area contributed by atoms with Gasteiger partial charge in [0.15, 0.2) is 0 Å². The minimum absolute atomic E-state index is 0.0208. The van der Waals surface area contributed by atoms with E-state index in [0.29, 0.717) is 12.8 Å². The molecule has 0 aromatic heterocycles. The van der Waals surface area contributed by atoms with E-state index in [9.17, 15) is 14.7 Å². The Labute approximate surface area is 152 Å². The summed E-state index contributed by atoms with van der Waals surface area (Å²) >= 11 is 0. The first-order valence-electron chi connectivity index (χ1n) is 8.94. The van der Waals surface area contributed by atoms with E-state index in [1.807, 2.05) is 31.2 Å². The number of fused-ring (bicyclic) bond motifs is 3. The maximum Gasteiger partial charge on any atom is 0.410 e. The minimum atomic E-state index is -0.970. The molecule has 1 heterocycles. The Hall–Kier alpha value is -2.82. The van der Waals surface area contributed by atoms with Crippen molar-refractivity contribution in [1.29, 1.82) is 0 Å². The predicted octanol–water partition coefficient (Wildman–Crippen LogP) is 3.87. The number of nitrogens with zero attached hydrogens (tertiary/aromatic N) is 1. The fraction of sp³-hybridized carbons (Fsp3) is 0.333. The van der Waals surface area contributed by atoms with Crippen LogP contribution in [0.2, 0.25) is 0 Å². The van der Waals surface area contributed by atoms with Crippen LogP contribution in [0.5, 0.6) is 0 Å². The van der Waals surface area contributed by atoms with Gasteiger partial charge < -0.3 is 9.84 Å². The number of carboxylic acids is 1. The highest BCUT2D eigenvalue weighted by Gasteiger charge is 2.40. The summed E-state index contributed by atoms with van der Waals surface area (Å²) in [5.41, 5.74) is 4.63. The first kappa shape index (κ1) is 16.6. The van der Waals surface area contributed by atoms with Gasteiger partial charge in [0, 0.05) is 12.0 Å². The van der Waals surface area contributed by atoms with Gasteiger partial charge in [-0.15, -0.1) is 0 Å². The highest BCUT2D eigenvalue weighted by atomic mass is 16.6. The van der Waals surface area contributed by atoms with Gasteiger partial charge in [0.25, 0.3) is 0 Å². The van der Waals surface area contributed by atoms with E-state index >= 15 is 0 Å². The molecule has 1 aliphatic heterocycles. The van der Waals surface area contributed by atoms with E-state index in [2.05, 4.69) is 24.3 Å². The molecule has 5 heteroatoms. The monoisotopic (exact) mass is 351 g/mol. The van der Waals surface area contributed by atoms with Crippen LogP contribution < -0.4 is 0 Å². The van der Waals surface area contributed by atoms with E-state index < -0.39 is 18.1 Å². The van der Waals surface area contributed by atoms with E-state index in [4.69, 9.17) is 4.74 Å². The third-order valence-electron chi connectivity index (χ3n) is 5.50. The first-order chi connectivity index (χ1) is 12.6. The zero-order chi connectivity index (χ0) is 18.3. The van der Waals surface area contributed by atoms with Crippen LogP contribution in [0.1, 0.15) is 36.8 Å². The second kappa shape index (κ2) is 6.48. The maximum absolute atomic E-state index is 12.6. The Morgan fingerprint density at radius 1 is 1.04 bits per heavy atom. The molecule has 1 aliphatic carbocycles.